The minimum atomic E-state index is -1.11. The average molecular weight is 290 g/mol. The van der Waals surface area contributed by atoms with Gasteiger partial charge in [-0.1, -0.05) is 17.3 Å². The summed E-state index contributed by atoms with van der Waals surface area (Å²) < 4.78 is 1.59. The Morgan fingerprint density at radius 1 is 1.19 bits per heavy atom. The number of aromatic carboxylic acids is 1. The molecule has 0 unspecified atom stereocenters. The molecule has 0 bridgehead atoms. The van der Waals surface area contributed by atoms with Crippen molar-refractivity contribution in [3.63, 3.8) is 0 Å². The van der Waals surface area contributed by atoms with Gasteiger partial charge in [0.15, 0.2) is 5.69 Å². The highest BCUT2D eigenvalue weighted by atomic mass is 16.4. The highest BCUT2D eigenvalue weighted by Crippen LogP contribution is 2.24. The fourth-order valence-corrected chi connectivity index (χ4v) is 2.09. The van der Waals surface area contributed by atoms with Crippen molar-refractivity contribution in [2.24, 2.45) is 0 Å². The first-order valence-electron chi connectivity index (χ1n) is 6.77. The number of aliphatic hydroxyl groups is 1. The van der Waals surface area contributed by atoms with E-state index in [1.54, 1.807) is 28.9 Å². The van der Waals surface area contributed by atoms with Crippen LogP contribution >= 0.6 is 0 Å². The van der Waals surface area contributed by atoms with Crippen LogP contribution in [-0.4, -0.2) is 37.8 Å². The highest BCUT2D eigenvalue weighted by molar-refractivity contribution is 5.92. The van der Waals surface area contributed by atoms with Crippen LogP contribution in [0.25, 0.3) is 11.3 Å². The summed E-state index contributed by atoms with van der Waals surface area (Å²) in [6.07, 6.45) is 2.36. The van der Waals surface area contributed by atoms with Gasteiger partial charge in [0, 0.05) is 24.4 Å². The number of anilines is 1. The summed E-state index contributed by atoms with van der Waals surface area (Å²) in [5.41, 5.74) is 7.39. The second-order valence-electron chi connectivity index (χ2n) is 4.72. The van der Waals surface area contributed by atoms with Crippen LogP contribution < -0.4 is 5.73 Å². The normalized spacial score (nSPS) is 10.7. The number of aryl methyl sites for hydroxylation is 1. The van der Waals surface area contributed by atoms with Gasteiger partial charge in [-0.25, -0.2) is 9.48 Å². The second kappa shape index (κ2) is 6.85. The lowest BCUT2D eigenvalue weighted by Gasteiger charge is -2.07. The topological polar surface area (TPSA) is 114 Å². The number of carboxylic acids is 1. The number of carboxylic acid groups (broad SMARTS) is 1. The molecule has 0 saturated carbocycles. The van der Waals surface area contributed by atoms with Gasteiger partial charge < -0.3 is 15.9 Å². The standard InChI is InChI=1S/C14H18N4O3/c15-11-6-4-10(5-7-11)13-12(14(20)21)16-17-18(13)8-2-1-3-9-19/h4-7,19H,1-3,8-9,15H2,(H,20,21). The van der Waals surface area contributed by atoms with Crippen molar-refractivity contribution >= 4 is 11.7 Å². The van der Waals surface area contributed by atoms with Gasteiger partial charge in [-0.2, -0.15) is 0 Å². The van der Waals surface area contributed by atoms with Gasteiger partial charge in [-0.3, -0.25) is 0 Å². The van der Waals surface area contributed by atoms with Gasteiger partial charge in [-0.05, 0) is 31.4 Å². The van der Waals surface area contributed by atoms with E-state index >= 15 is 0 Å². The molecule has 0 aliphatic heterocycles. The number of nitrogens with two attached hydrogens (primary N) is 1. The third kappa shape index (κ3) is 3.57. The number of aromatic nitrogens is 3. The molecule has 112 valence electrons. The maximum atomic E-state index is 11.3. The summed E-state index contributed by atoms with van der Waals surface area (Å²) in [6.45, 7) is 0.711. The first-order chi connectivity index (χ1) is 10.1. The molecule has 0 fully saturated rings. The molecule has 7 nitrogen and oxygen atoms in total. The predicted octanol–water partition coefficient (Wildman–Crippen LogP) is 1.39. The van der Waals surface area contributed by atoms with E-state index in [9.17, 15) is 9.90 Å². The Bertz CT molecular complexity index is 607. The lowest BCUT2D eigenvalue weighted by Crippen LogP contribution is -2.05. The van der Waals surface area contributed by atoms with Crippen LogP contribution in [0.3, 0.4) is 0 Å². The number of rotatable bonds is 7. The Hall–Kier alpha value is -2.41. The summed E-state index contributed by atoms with van der Waals surface area (Å²) in [5.74, 6) is -1.11. The van der Waals surface area contributed by atoms with Gasteiger partial charge in [0.2, 0.25) is 0 Å². The monoisotopic (exact) mass is 290 g/mol. The lowest BCUT2D eigenvalue weighted by molar-refractivity contribution is 0.0691. The Balaban J connectivity index is 2.29. The molecule has 4 N–H and O–H groups in total. The van der Waals surface area contributed by atoms with Crippen molar-refractivity contribution in [2.45, 2.75) is 25.8 Å². The van der Waals surface area contributed by atoms with Gasteiger partial charge in [-0.15, -0.1) is 5.10 Å². The molecule has 0 spiro atoms. The quantitative estimate of drug-likeness (QED) is 0.524. The average Bonchev–Trinajstić information content (AvgIpc) is 2.88. The van der Waals surface area contributed by atoms with Gasteiger partial charge in [0.05, 0.1) is 0 Å². The summed E-state index contributed by atoms with van der Waals surface area (Å²) in [6, 6.07) is 6.93. The SMILES string of the molecule is Nc1ccc(-c2c(C(=O)O)nnn2CCCCCO)cc1. The summed E-state index contributed by atoms with van der Waals surface area (Å²) in [5, 5.41) is 25.7. The summed E-state index contributed by atoms with van der Waals surface area (Å²) >= 11 is 0. The molecule has 21 heavy (non-hydrogen) atoms. The second-order valence-corrected chi connectivity index (χ2v) is 4.72. The van der Waals surface area contributed by atoms with Crippen LogP contribution in [0.4, 0.5) is 5.69 Å². The van der Waals surface area contributed by atoms with E-state index < -0.39 is 5.97 Å². The van der Waals surface area contributed by atoms with Crippen molar-refractivity contribution in [2.75, 3.05) is 12.3 Å². The van der Waals surface area contributed by atoms with Crippen LogP contribution in [-0.2, 0) is 6.54 Å². The molecular formula is C14H18N4O3. The van der Waals surface area contributed by atoms with Crippen LogP contribution in [0, 0.1) is 0 Å². The van der Waals surface area contributed by atoms with Crippen molar-refractivity contribution in [3.05, 3.63) is 30.0 Å². The zero-order valence-corrected chi connectivity index (χ0v) is 11.6. The number of aliphatic hydroxyl groups excluding tert-OH is 1. The molecular weight excluding hydrogens is 272 g/mol. The molecule has 2 aromatic rings. The minimum Gasteiger partial charge on any atom is -0.476 e. The van der Waals surface area contributed by atoms with Crippen LogP contribution in [0.1, 0.15) is 29.8 Å². The van der Waals surface area contributed by atoms with Crippen molar-refractivity contribution < 1.29 is 15.0 Å². The van der Waals surface area contributed by atoms with Gasteiger partial charge >= 0.3 is 5.97 Å². The largest absolute Gasteiger partial charge is 0.476 e. The first kappa shape index (κ1) is 15.0. The van der Waals surface area contributed by atoms with Crippen molar-refractivity contribution in [1.29, 1.82) is 0 Å². The van der Waals surface area contributed by atoms with Gasteiger partial charge in [0.25, 0.3) is 0 Å². The van der Waals surface area contributed by atoms with Gasteiger partial charge in [0.1, 0.15) is 5.69 Å². The van der Waals surface area contributed by atoms with Crippen LogP contribution in [0.5, 0.6) is 0 Å². The van der Waals surface area contributed by atoms with Crippen LogP contribution in [0.2, 0.25) is 0 Å². The lowest BCUT2D eigenvalue weighted by atomic mass is 10.1. The summed E-state index contributed by atoms with van der Waals surface area (Å²) in [4.78, 5) is 11.3. The fraction of sp³-hybridized carbons (Fsp3) is 0.357. The minimum absolute atomic E-state index is 0.0677. The number of hydrogen-bond donors (Lipinski definition) is 3. The van der Waals surface area contributed by atoms with Crippen LogP contribution in [0.15, 0.2) is 24.3 Å². The number of nitrogen functional groups attached to an aromatic ring is 1. The number of benzene rings is 1. The Labute approximate surface area is 122 Å². The number of nitrogens with zero attached hydrogens (tertiary/aromatic N) is 3. The number of hydrogen-bond acceptors (Lipinski definition) is 5. The Morgan fingerprint density at radius 3 is 2.52 bits per heavy atom. The molecule has 2 rings (SSSR count). The van der Waals surface area contributed by atoms with Crippen molar-refractivity contribution in [1.82, 2.24) is 15.0 Å². The van der Waals surface area contributed by atoms with Crippen molar-refractivity contribution in [3.8, 4) is 11.3 Å². The highest BCUT2D eigenvalue weighted by Gasteiger charge is 2.20. The fourth-order valence-electron chi connectivity index (χ4n) is 2.09. The zero-order valence-electron chi connectivity index (χ0n) is 11.6. The molecule has 0 aliphatic rings. The van der Waals surface area contributed by atoms with E-state index in [0.29, 0.717) is 23.5 Å². The smallest absolute Gasteiger partial charge is 0.358 e. The molecule has 7 heteroatoms. The number of carbonyl (C=O) groups is 1. The molecule has 0 atom stereocenters. The molecule has 0 aliphatic carbocycles. The van der Waals surface area contributed by atoms with E-state index in [2.05, 4.69) is 10.3 Å². The Kier molecular flexibility index (Phi) is 4.89. The van der Waals surface area contributed by atoms with E-state index in [0.717, 1.165) is 19.3 Å². The zero-order chi connectivity index (χ0) is 15.2. The summed E-state index contributed by atoms with van der Waals surface area (Å²) in [7, 11) is 0. The van der Waals surface area contributed by atoms with E-state index in [4.69, 9.17) is 10.8 Å². The number of unbranched alkanes of at least 4 members (excludes halogenated alkanes) is 2. The predicted molar refractivity (Wildman–Crippen MR) is 77.8 cm³/mol. The van der Waals surface area contributed by atoms with E-state index in [1.807, 2.05) is 0 Å². The van der Waals surface area contributed by atoms with E-state index in [-0.39, 0.29) is 12.3 Å². The molecule has 0 saturated heterocycles. The third-order valence-corrected chi connectivity index (χ3v) is 3.15. The molecule has 0 radical (unpaired) electrons. The third-order valence-electron chi connectivity index (χ3n) is 3.15. The Morgan fingerprint density at radius 2 is 1.90 bits per heavy atom. The molecule has 1 aromatic heterocycles. The molecule has 0 amide bonds. The molecule has 1 aromatic carbocycles. The first-order valence-corrected chi connectivity index (χ1v) is 6.77. The maximum Gasteiger partial charge on any atom is 0.358 e. The maximum absolute atomic E-state index is 11.3. The van der Waals surface area contributed by atoms with E-state index in [1.165, 1.54) is 0 Å². The molecule has 1 heterocycles.